The lowest BCUT2D eigenvalue weighted by Crippen LogP contribution is -2.18. The Morgan fingerprint density at radius 3 is 2.29 bits per heavy atom. The molecule has 0 spiro atoms. The number of aromatic nitrogens is 1. The molecule has 2 aromatic rings. The first-order chi connectivity index (χ1) is 10.2. The number of rotatable bonds is 6. The van der Waals surface area contributed by atoms with E-state index >= 15 is 0 Å². The van der Waals surface area contributed by atoms with Crippen molar-refractivity contribution in [2.24, 2.45) is 0 Å². The first-order valence-corrected chi connectivity index (χ1v) is 7.42. The van der Waals surface area contributed by atoms with Crippen LogP contribution in [0.25, 0.3) is 0 Å². The van der Waals surface area contributed by atoms with Crippen molar-refractivity contribution in [3.63, 3.8) is 0 Å². The molecule has 5 nitrogen and oxygen atoms in total. The molecule has 1 unspecified atom stereocenters. The Morgan fingerprint density at radius 1 is 1.10 bits per heavy atom. The fraction of sp³-hybridized carbons (Fsp3) is 0.400. The fourth-order valence-electron chi connectivity index (χ4n) is 2.27. The number of aryl methyl sites for hydroxylation is 1. The van der Waals surface area contributed by atoms with E-state index in [9.17, 15) is 0 Å². The average Bonchev–Trinajstić information content (AvgIpc) is 2.93. The maximum absolute atomic E-state index is 5.55. The van der Waals surface area contributed by atoms with Crippen molar-refractivity contribution in [1.82, 2.24) is 10.3 Å². The van der Waals surface area contributed by atoms with E-state index < -0.39 is 0 Å². The lowest BCUT2D eigenvalue weighted by atomic mass is 10.0. The van der Waals surface area contributed by atoms with Crippen LogP contribution in [0.4, 0.5) is 0 Å². The summed E-state index contributed by atoms with van der Waals surface area (Å²) in [6, 6.07) is 3.79. The Labute approximate surface area is 128 Å². The molecule has 21 heavy (non-hydrogen) atoms. The molecule has 0 aliphatic heterocycles. The first kappa shape index (κ1) is 15.6. The molecule has 2 rings (SSSR count). The monoisotopic (exact) mass is 308 g/mol. The van der Waals surface area contributed by atoms with E-state index in [1.807, 2.05) is 31.5 Å². The molecule has 1 aromatic carbocycles. The van der Waals surface area contributed by atoms with Crippen LogP contribution in [0.5, 0.6) is 17.2 Å². The SMILES string of the molecule is CNC(c1nc(C)cs1)c1ccc(OC)c(OC)c1OC. The summed E-state index contributed by atoms with van der Waals surface area (Å²) in [6.45, 7) is 1.98. The number of hydrogen-bond donors (Lipinski definition) is 1. The summed E-state index contributed by atoms with van der Waals surface area (Å²) < 4.78 is 16.3. The highest BCUT2D eigenvalue weighted by atomic mass is 32.1. The summed E-state index contributed by atoms with van der Waals surface area (Å²) in [5, 5.41) is 6.30. The van der Waals surface area contributed by atoms with Crippen molar-refractivity contribution < 1.29 is 14.2 Å². The van der Waals surface area contributed by atoms with Gasteiger partial charge in [0.25, 0.3) is 0 Å². The summed E-state index contributed by atoms with van der Waals surface area (Å²) in [4.78, 5) is 4.56. The van der Waals surface area contributed by atoms with Gasteiger partial charge in [-0.25, -0.2) is 4.98 Å². The van der Waals surface area contributed by atoms with Crippen LogP contribution in [0.15, 0.2) is 17.5 Å². The highest BCUT2D eigenvalue weighted by Crippen LogP contribution is 2.43. The number of benzene rings is 1. The predicted molar refractivity (Wildman–Crippen MR) is 83.9 cm³/mol. The average molecular weight is 308 g/mol. The summed E-state index contributed by atoms with van der Waals surface area (Å²) in [7, 11) is 6.74. The lowest BCUT2D eigenvalue weighted by Gasteiger charge is -2.20. The van der Waals surface area contributed by atoms with Crippen molar-refractivity contribution in [3.8, 4) is 17.2 Å². The number of hydrogen-bond acceptors (Lipinski definition) is 6. The van der Waals surface area contributed by atoms with Gasteiger partial charge in [-0.1, -0.05) is 0 Å². The minimum atomic E-state index is -0.0570. The maximum atomic E-state index is 5.55. The normalized spacial score (nSPS) is 12.0. The van der Waals surface area contributed by atoms with Crippen LogP contribution >= 0.6 is 11.3 Å². The van der Waals surface area contributed by atoms with E-state index in [1.54, 1.807) is 32.7 Å². The minimum Gasteiger partial charge on any atom is -0.493 e. The van der Waals surface area contributed by atoms with Gasteiger partial charge in [0.1, 0.15) is 5.01 Å². The minimum absolute atomic E-state index is 0.0570. The number of thiazole rings is 1. The molecule has 0 bridgehead atoms. The van der Waals surface area contributed by atoms with Gasteiger partial charge in [-0.05, 0) is 26.1 Å². The Bertz CT molecular complexity index is 613. The van der Waals surface area contributed by atoms with Crippen molar-refractivity contribution in [2.75, 3.05) is 28.4 Å². The number of ether oxygens (including phenoxy) is 3. The standard InChI is InChI=1S/C15H20N2O3S/c1-9-8-21-15(17-9)12(16-2)10-6-7-11(18-3)14(20-5)13(10)19-4/h6-8,12,16H,1-5H3. The van der Waals surface area contributed by atoms with E-state index in [1.165, 1.54) is 0 Å². The molecular weight excluding hydrogens is 288 g/mol. The molecular formula is C15H20N2O3S. The molecule has 6 heteroatoms. The van der Waals surface area contributed by atoms with Gasteiger partial charge in [-0.15, -0.1) is 11.3 Å². The van der Waals surface area contributed by atoms with Gasteiger partial charge in [-0.3, -0.25) is 0 Å². The second-order valence-electron chi connectivity index (χ2n) is 4.47. The Morgan fingerprint density at radius 2 is 1.81 bits per heavy atom. The van der Waals surface area contributed by atoms with Gasteiger partial charge >= 0.3 is 0 Å². The molecule has 1 atom stereocenters. The van der Waals surface area contributed by atoms with Crippen LogP contribution in [0.2, 0.25) is 0 Å². The largest absolute Gasteiger partial charge is 0.493 e. The van der Waals surface area contributed by atoms with Crippen LogP contribution in [-0.4, -0.2) is 33.4 Å². The number of methoxy groups -OCH3 is 3. The van der Waals surface area contributed by atoms with Gasteiger partial charge in [0, 0.05) is 16.6 Å². The van der Waals surface area contributed by atoms with Crippen LogP contribution in [0, 0.1) is 6.92 Å². The number of nitrogens with one attached hydrogen (secondary N) is 1. The maximum Gasteiger partial charge on any atom is 0.203 e. The van der Waals surface area contributed by atoms with Crippen molar-refractivity contribution in [1.29, 1.82) is 0 Å². The molecule has 0 radical (unpaired) electrons. The summed E-state index contributed by atoms with van der Waals surface area (Å²) in [5.41, 5.74) is 1.97. The van der Waals surface area contributed by atoms with E-state index in [-0.39, 0.29) is 6.04 Å². The zero-order valence-electron chi connectivity index (χ0n) is 12.9. The fourth-order valence-corrected chi connectivity index (χ4v) is 3.19. The molecule has 0 saturated heterocycles. The van der Waals surface area contributed by atoms with Gasteiger partial charge in [0.2, 0.25) is 5.75 Å². The Balaban J connectivity index is 2.55. The second kappa shape index (κ2) is 6.78. The molecule has 114 valence electrons. The molecule has 0 aliphatic carbocycles. The summed E-state index contributed by atoms with van der Waals surface area (Å²) >= 11 is 1.62. The van der Waals surface area contributed by atoms with Crippen LogP contribution in [0.1, 0.15) is 22.3 Å². The Kier molecular flexibility index (Phi) is 5.03. The predicted octanol–water partition coefficient (Wildman–Crippen LogP) is 2.79. The van der Waals surface area contributed by atoms with Crippen molar-refractivity contribution in [3.05, 3.63) is 33.8 Å². The molecule has 1 N–H and O–H groups in total. The first-order valence-electron chi connectivity index (χ1n) is 6.54. The van der Waals surface area contributed by atoms with Gasteiger partial charge in [-0.2, -0.15) is 0 Å². The third-order valence-electron chi connectivity index (χ3n) is 3.22. The van der Waals surface area contributed by atoms with Crippen LogP contribution < -0.4 is 19.5 Å². The highest BCUT2D eigenvalue weighted by Gasteiger charge is 2.24. The Hall–Kier alpha value is -1.79. The second-order valence-corrected chi connectivity index (χ2v) is 5.36. The van der Waals surface area contributed by atoms with Gasteiger partial charge in [0.05, 0.1) is 27.4 Å². The molecule has 1 heterocycles. The zero-order valence-corrected chi connectivity index (χ0v) is 13.7. The summed E-state index contributed by atoms with van der Waals surface area (Å²) in [5.74, 6) is 1.89. The van der Waals surface area contributed by atoms with E-state index in [4.69, 9.17) is 14.2 Å². The highest BCUT2D eigenvalue weighted by molar-refractivity contribution is 7.09. The molecule has 0 fully saturated rings. The molecule has 0 aliphatic rings. The van der Waals surface area contributed by atoms with Crippen molar-refractivity contribution >= 4 is 11.3 Å². The third kappa shape index (κ3) is 2.96. The van der Waals surface area contributed by atoms with Gasteiger partial charge < -0.3 is 19.5 Å². The quantitative estimate of drug-likeness (QED) is 0.889. The zero-order chi connectivity index (χ0) is 15.4. The summed E-state index contributed by atoms with van der Waals surface area (Å²) in [6.07, 6.45) is 0. The lowest BCUT2D eigenvalue weighted by molar-refractivity contribution is 0.320. The van der Waals surface area contributed by atoms with E-state index in [0.29, 0.717) is 17.2 Å². The van der Waals surface area contributed by atoms with Crippen LogP contribution in [0.3, 0.4) is 0 Å². The van der Waals surface area contributed by atoms with E-state index in [0.717, 1.165) is 16.3 Å². The molecule has 0 amide bonds. The van der Waals surface area contributed by atoms with Crippen molar-refractivity contribution in [2.45, 2.75) is 13.0 Å². The van der Waals surface area contributed by atoms with E-state index in [2.05, 4.69) is 10.3 Å². The smallest absolute Gasteiger partial charge is 0.203 e. The third-order valence-corrected chi connectivity index (χ3v) is 4.25. The molecule has 0 saturated carbocycles. The van der Waals surface area contributed by atoms with Gasteiger partial charge in [0.15, 0.2) is 11.5 Å². The van der Waals surface area contributed by atoms with Crippen LogP contribution in [-0.2, 0) is 0 Å². The topological polar surface area (TPSA) is 52.6 Å². The number of nitrogens with zero attached hydrogens (tertiary/aromatic N) is 1. The molecule has 1 aromatic heterocycles.